The number of nitrogens with zero attached hydrogens (tertiary/aromatic N) is 1. The van der Waals surface area contributed by atoms with Crippen molar-refractivity contribution in [2.75, 3.05) is 0 Å². The minimum atomic E-state index is -1.21. The van der Waals surface area contributed by atoms with Gasteiger partial charge in [-0.05, 0) is 0 Å². The van der Waals surface area contributed by atoms with Gasteiger partial charge in [0, 0.05) is 5.92 Å². The molecule has 0 aliphatic carbocycles. The van der Waals surface area contributed by atoms with Crippen molar-refractivity contribution in [1.82, 2.24) is 0 Å². The van der Waals surface area contributed by atoms with Crippen LogP contribution in [0.3, 0.4) is 0 Å². The van der Waals surface area contributed by atoms with Gasteiger partial charge in [0.25, 0.3) is 5.85 Å². The van der Waals surface area contributed by atoms with Gasteiger partial charge < -0.3 is 8.17 Å². The molecule has 0 aromatic heterocycles. The van der Waals surface area contributed by atoms with E-state index in [4.69, 9.17) is 19.6 Å². The van der Waals surface area contributed by atoms with Gasteiger partial charge in [0.2, 0.25) is 0 Å². The van der Waals surface area contributed by atoms with Crippen LogP contribution in [0.15, 0.2) is 3.15 Å². The fourth-order valence-electron chi connectivity index (χ4n) is 0.903. The predicted molar refractivity (Wildman–Crippen MR) is 48.4 cm³/mol. The normalized spacial score (nSPS) is 44.5. The molecule has 0 amide bonds. The minimum absolute atomic E-state index is 0.104. The summed E-state index contributed by atoms with van der Waals surface area (Å²) in [6, 6.07) is 0. The van der Waals surface area contributed by atoms with Crippen molar-refractivity contribution in [3.8, 4) is 0 Å². The van der Waals surface area contributed by atoms with Gasteiger partial charge in [0.05, 0.1) is 0 Å². The van der Waals surface area contributed by atoms with Crippen LogP contribution in [-0.4, -0.2) is 15.0 Å². The third-order valence-corrected chi connectivity index (χ3v) is 2.80. The van der Waals surface area contributed by atoms with E-state index >= 15 is 0 Å². The Hall–Kier alpha value is 0.370. The Kier molecular flexibility index (Phi) is 2.32. The quantitative estimate of drug-likeness (QED) is 0.487. The van der Waals surface area contributed by atoms with Crippen LogP contribution in [0.25, 0.3) is 0 Å². The molecule has 2 atom stereocenters. The van der Waals surface area contributed by atoms with Gasteiger partial charge >= 0.3 is 0 Å². The molecule has 2 unspecified atom stereocenters. The first-order chi connectivity index (χ1) is 4.96. The summed E-state index contributed by atoms with van der Waals surface area (Å²) in [6.07, 6.45) is 0. The summed E-state index contributed by atoms with van der Waals surface area (Å²) in [7, 11) is 0. The maximum absolute atomic E-state index is 8.58. The van der Waals surface area contributed by atoms with Gasteiger partial charge in [-0.3, -0.25) is 11.5 Å². The summed E-state index contributed by atoms with van der Waals surface area (Å²) in [5.41, 5.74) is 10.4. The summed E-state index contributed by atoms with van der Waals surface area (Å²) < 4.78 is 17.4. The second-order valence-electron chi connectivity index (χ2n) is 2.91. The highest BCUT2D eigenvalue weighted by Crippen LogP contribution is 2.46. The van der Waals surface area contributed by atoms with E-state index in [1.54, 1.807) is 0 Å². The smallest absolute Gasteiger partial charge is 0.266 e. The van der Waals surface area contributed by atoms with E-state index in [0.717, 1.165) is 0 Å². The Morgan fingerprint density at radius 2 is 2.09 bits per heavy atom. The van der Waals surface area contributed by atoms with Crippen LogP contribution in [0, 0.1) is 5.92 Å². The van der Waals surface area contributed by atoms with Crippen molar-refractivity contribution in [3.63, 3.8) is 0 Å². The monoisotopic (exact) mass is 273 g/mol. The lowest BCUT2D eigenvalue weighted by Gasteiger charge is -2.10. The highest BCUT2D eigenvalue weighted by molar-refractivity contribution is 14.1. The molecule has 1 aliphatic rings. The zero-order valence-electron chi connectivity index (χ0n) is 6.41. The fraction of sp³-hybridized carbons (Fsp3) is 1.00. The van der Waals surface area contributed by atoms with Gasteiger partial charge in [-0.2, -0.15) is 3.15 Å². The van der Waals surface area contributed by atoms with E-state index in [-0.39, 0.29) is 5.92 Å². The number of ether oxygens (including phenoxy) is 1. The van der Waals surface area contributed by atoms with Crippen LogP contribution in [-0.2, 0) is 4.74 Å². The molecular formula is C5H12IN3O2. The van der Waals surface area contributed by atoms with Crippen LogP contribution in [0.2, 0.25) is 0 Å². The first-order valence-corrected chi connectivity index (χ1v) is 5.17. The van der Waals surface area contributed by atoms with Gasteiger partial charge in [-0.15, -0.1) is 0 Å². The van der Waals surface area contributed by atoms with Gasteiger partial charge in [0.1, 0.15) is 0 Å². The molecule has 1 aliphatic heterocycles. The summed E-state index contributed by atoms with van der Waals surface area (Å²) >= 11 is -1.21. The lowest BCUT2D eigenvalue weighted by atomic mass is 10.0. The third kappa shape index (κ3) is 1.33. The van der Waals surface area contributed by atoms with E-state index in [9.17, 15) is 0 Å². The molecule has 1 saturated heterocycles. The van der Waals surface area contributed by atoms with E-state index in [2.05, 4.69) is 3.15 Å². The van der Waals surface area contributed by atoms with Crippen molar-refractivity contribution in [2.24, 2.45) is 20.5 Å². The summed E-state index contributed by atoms with van der Waals surface area (Å²) in [4.78, 5) is 0. The largest absolute Gasteiger partial charge is 0.323 e. The summed E-state index contributed by atoms with van der Waals surface area (Å²) in [6.45, 7) is 3.81. The summed E-state index contributed by atoms with van der Waals surface area (Å²) in [5, 5.41) is 0. The number of rotatable bonds is 2. The Morgan fingerprint density at radius 3 is 2.36 bits per heavy atom. The van der Waals surface area contributed by atoms with Crippen LogP contribution < -0.4 is 11.5 Å². The van der Waals surface area contributed by atoms with E-state index in [0.29, 0.717) is 0 Å². The molecule has 0 radical (unpaired) electrons. The number of nitrogens with two attached hydrogens (primary N) is 2. The molecule has 0 spiro atoms. The van der Waals surface area contributed by atoms with Crippen molar-refractivity contribution in [2.45, 2.75) is 25.4 Å². The van der Waals surface area contributed by atoms with Gasteiger partial charge in [0.15, 0.2) is 27.2 Å². The molecule has 11 heavy (non-hydrogen) atoms. The lowest BCUT2D eigenvalue weighted by molar-refractivity contribution is 0.232. The average Bonchev–Trinajstić information content (AvgIpc) is 2.38. The Morgan fingerprint density at radius 1 is 1.55 bits per heavy atom. The first kappa shape index (κ1) is 9.46. The maximum Gasteiger partial charge on any atom is 0.266 e. The molecular weight excluding hydrogens is 261 g/mol. The average molecular weight is 273 g/mol. The standard InChI is InChI=1S/C5H12IN3O2/c1-3(2)4(7)5(8,11-4)9-6-10/h3H,7-8H2,1-2H3,(H,9,10). The summed E-state index contributed by atoms with van der Waals surface area (Å²) in [5.74, 6) is -1.02. The van der Waals surface area contributed by atoms with Gasteiger partial charge in [-0.25, -0.2) is 0 Å². The molecule has 0 aromatic rings. The minimum Gasteiger partial charge on any atom is -0.323 e. The number of hydrogen-bond donors (Lipinski definition) is 3. The molecule has 1 rings (SSSR count). The van der Waals surface area contributed by atoms with Crippen LogP contribution in [0.1, 0.15) is 13.8 Å². The molecule has 5 nitrogen and oxygen atoms in total. The Balaban J connectivity index is 2.71. The SMILES string of the molecule is CC(C)C1(N)OC1(N)N=IO. The number of epoxide rings is 1. The molecule has 0 saturated carbocycles. The predicted octanol–water partition coefficient (Wildman–Crippen LogP) is 0.00170. The van der Waals surface area contributed by atoms with Crippen LogP contribution >= 0.6 is 21.4 Å². The fourth-order valence-corrected chi connectivity index (χ4v) is 1.70. The highest BCUT2D eigenvalue weighted by Gasteiger charge is 2.68. The molecule has 0 aromatic carbocycles. The van der Waals surface area contributed by atoms with Crippen molar-refractivity contribution < 1.29 is 8.17 Å². The number of halogens is 1. The molecule has 1 heterocycles. The zero-order chi connectivity index (χ0) is 8.70. The first-order valence-electron chi connectivity index (χ1n) is 3.24. The maximum atomic E-state index is 8.58. The highest BCUT2D eigenvalue weighted by atomic mass is 127. The second kappa shape index (κ2) is 2.70. The van der Waals surface area contributed by atoms with Crippen molar-refractivity contribution >= 4 is 21.4 Å². The number of hydrogen-bond acceptors (Lipinski definition) is 4. The Labute approximate surface area is 75.8 Å². The molecule has 5 N–H and O–H groups in total. The molecule has 6 heteroatoms. The van der Waals surface area contributed by atoms with Crippen molar-refractivity contribution in [1.29, 1.82) is 0 Å². The third-order valence-electron chi connectivity index (χ3n) is 1.86. The van der Waals surface area contributed by atoms with E-state index in [1.807, 2.05) is 13.8 Å². The molecule has 0 bridgehead atoms. The topological polar surface area (TPSA) is 97.2 Å². The lowest BCUT2D eigenvalue weighted by Crippen LogP contribution is -2.43. The molecule has 66 valence electrons. The van der Waals surface area contributed by atoms with Gasteiger partial charge in [-0.1, -0.05) is 13.8 Å². The van der Waals surface area contributed by atoms with E-state index in [1.165, 1.54) is 0 Å². The van der Waals surface area contributed by atoms with E-state index < -0.39 is 33.0 Å². The molecule has 1 fully saturated rings. The van der Waals surface area contributed by atoms with Crippen LogP contribution in [0.5, 0.6) is 0 Å². The van der Waals surface area contributed by atoms with Crippen LogP contribution in [0.4, 0.5) is 0 Å². The van der Waals surface area contributed by atoms with Crippen molar-refractivity contribution in [3.05, 3.63) is 0 Å². The zero-order valence-corrected chi connectivity index (χ0v) is 8.57. The Bertz CT molecular complexity index is 198. The second-order valence-corrected chi connectivity index (χ2v) is 3.82.